The third kappa shape index (κ3) is 6.01. The van der Waals surface area contributed by atoms with Gasteiger partial charge < -0.3 is 15.2 Å². The van der Waals surface area contributed by atoms with Gasteiger partial charge >= 0.3 is 0 Å². The maximum absolute atomic E-state index is 13.7. The fraction of sp³-hybridized carbons (Fsp3) is 0.654. The monoisotopic (exact) mass is 567 g/mol. The van der Waals surface area contributed by atoms with Crippen molar-refractivity contribution in [2.75, 3.05) is 37.4 Å². The lowest BCUT2D eigenvalue weighted by Crippen LogP contribution is -2.43. The van der Waals surface area contributed by atoms with Gasteiger partial charge in [-0.3, -0.25) is 9.36 Å². The fourth-order valence-electron chi connectivity index (χ4n) is 5.82. The summed E-state index contributed by atoms with van der Waals surface area (Å²) in [5.74, 6) is 0.209. The van der Waals surface area contributed by atoms with Crippen LogP contribution in [0.3, 0.4) is 0 Å². The Balaban J connectivity index is 1.32. The molecule has 1 aliphatic carbocycles. The lowest BCUT2D eigenvalue weighted by atomic mass is 9.99. The molecule has 0 amide bonds. The van der Waals surface area contributed by atoms with E-state index in [1.807, 2.05) is 6.08 Å². The van der Waals surface area contributed by atoms with Crippen LogP contribution in [0.15, 0.2) is 28.7 Å². The summed E-state index contributed by atoms with van der Waals surface area (Å²) in [5.41, 5.74) is -1.42. The SMILES string of the molecule is C[C@@]1(O)CCC[C@H]1n1c(=O)c(C(F)F)cc2cnc(NC3CCN(S(=O)(=O)CC=C4CCOCC4)CC3)nc21. The molecule has 2 aromatic heterocycles. The van der Waals surface area contributed by atoms with Crippen molar-refractivity contribution in [3.05, 3.63) is 39.8 Å². The average Bonchev–Trinajstić information content (AvgIpc) is 3.26. The first-order valence-corrected chi connectivity index (χ1v) is 15.1. The quantitative estimate of drug-likeness (QED) is 0.489. The molecule has 4 heterocycles. The molecule has 0 spiro atoms. The van der Waals surface area contributed by atoms with Gasteiger partial charge in [-0.2, -0.15) is 4.98 Å². The van der Waals surface area contributed by atoms with Gasteiger partial charge in [-0.1, -0.05) is 11.6 Å². The first kappa shape index (κ1) is 28.1. The molecular weight excluding hydrogens is 532 g/mol. The Morgan fingerprint density at radius 3 is 2.62 bits per heavy atom. The average molecular weight is 568 g/mol. The van der Waals surface area contributed by atoms with Gasteiger partial charge in [0.15, 0.2) is 0 Å². The maximum Gasteiger partial charge on any atom is 0.269 e. The van der Waals surface area contributed by atoms with Gasteiger partial charge in [-0.25, -0.2) is 26.5 Å². The number of anilines is 1. The summed E-state index contributed by atoms with van der Waals surface area (Å²) in [5, 5.41) is 14.4. The van der Waals surface area contributed by atoms with E-state index >= 15 is 0 Å². The molecule has 0 bridgehead atoms. The zero-order valence-corrected chi connectivity index (χ0v) is 22.8. The van der Waals surface area contributed by atoms with E-state index in [-0.39, 0.29) is 28.8 Å². The standard InChI is InChI=1S/C26H35F2N5O5S/c1-26(35)9-2-3-21(26)33-23-18(15-20(22(27)28)24(33)34)16-29-25(31-23)30-19-4-10-32(11-5-19)39(36,37)14-8-17-6-12-38-13-7-17/h8,15-16,19,21-22,35H,2-7,9-14H2,1H3,(H,29,30,31)/t21-,26-/m1/s1. The van der Waals surface area contributed by atoms with Crippen LogP contribution in [0.25, 0.3) is 11.0 Å². The number of halogens is 2. The van der Waals surface area contributed by atoms with Crippen LogP contribution in [-0.4, -0.2) is 76.1 Å². The summed E-state index contributed by atoms with van der Waals surface area (Å²) in [7, 11) is -3.42. The number of alkyl halides is 2. The molecule has 2 aliphatic heterocycles. The van der Waals surface area contributed by atoms with E-state index in [1.165, 1.54) is 15.1 Å². The van der Waals surface area contributed by atoms with Crippen molar-refractivity contribution in [1.82, 2.24) is 18.8 Å². The molecule has 0 aromatic carbocycles. The molecule has 39 heavy (non-hydrogen) atoms. The van der Waals surface area contributed by atoms with Crippen LogP contribution in [0.5, 0.6) is 0 Å². The molecule has 10 nitrogen and oxygen atoms in total. The lowest BCUT2D eigenvalue weighted by Gasteiger charge is -2.31. The van der Waals surface area contributed by atoms with E-state index in [0.717, 1.165) is 24.5 Å². The zero-order valence-electron chi connectivity index (χ0n) is 22.0. The minimum atomic E-state index is -3.42. The summed E-state index contributed by atoms with van der Waals surface area (Å²) in [6.45, 7) is 3.58. The summed E-state index contributed by atoms with van der Waals surface area (Å²) < 4.78 is 61.1. The van der Waals surface area contributed by atoms with Gasteiger partial charge in [0.05, 0.1) is 36.2 Å². The molecule has 1 saturated carbocycles. The number of nitrogens with one attached hydrogen (secondary N) is 1. The van der Waals surface area contributed by atoms with Crippen LogP contribution in [0.1, 0.15) is 69.9 Å². The van der Waals surface area contributed by atoms with Crippen LogP contribution < -0.4 is 10.9 Å². The number of fused-ring (bicyclic) bond motifs is 1. The van der Waals surface area contributed by atoms with Crippen molar-refractivity contribution in [2.45, 2.75) is 76.0 Å². The lowest BCUT2D eigenvalue weighted by molar-refractivity contribution is 0.0261. The molecule has 214 valence electrons. The largest absolute Gasteiger partial charge is 0.388 e. The van der Waals surface area contributed by atoms with Crippen LogP contribution >= 0.6 is 0 Å². The Labute approximate surface area is 226 Å². The Kier molecular flexibility index (Phi) is 8.05. The third-order valence-electron chi connectivity index (χ3n) is 8.12. The zero-order chi connectivity index (χ0) is 27.8. The third-order valence-corrected chi connectivity index (χ3v) is 9.86. The van der Waals surface area contributed by atoms with E-state index < -0.39 is 39.2 Å². The number of aliphatic hydroxyl groups is 1. The van der Waals surface area contributed by atoms with Gasteiger partial charge in [-0.15, -0.1) is 0 Å². The van der Waals surface area contributed by atoms with Crippen molar-refractivity contribution in [3.63, 3.8) is 0 Å². The number of hydrogen-bond donors (Lipinski definition) is 2. The maximum atomic E-state index is 13.7. The number of ether oxygens (including phenoxy) is 1. The fourth-order valence-corrected chi connectivity index (χ4v) is 7.25. The summed E-state index contributed by atoms with van der Waals surface area (Å²) >= 11 is 0. The molecular formula is C26H35F2N5O5S. The summed E-state index contributed by atoms with van der Waals surface area (Å²) in [6, 6.07) is 0.335. The molecule has 2 saturated heterocycles. The Bertz CT molecular complexity index is 1400. The number of nitrogens with zero attached hydrogens (tertiary/aromatic N) is 4. The highest BCUT2D eigenvalue weighted by Gasteiger charge is 2.40. The van der Waals surface area contributed by atoms with E-state index in [9.17, 15) is 27.1 Å². The summed E-state index contributed by atoms with van der Waals surface area (Å²) in [6.07, 6.45) is 4.45. The van der Waals surface area contributed by atoms with Gasteiger partial charge in [0.1, 0.15) is 5.65 Å². The first-order valence-electron chi connectivity index (χ1n) is 13.5. The van der Waals surface area contributed by atoms with Crippen LogP contribution in [0.4, 0.5) is 14.7 Å². The molecule has 2 N–H and O–H groups in total. The van der Waals surface area contributed by atoms with Crippen LogP contribution in [0.2, 0.25) is 0 Å². The van der Waals surface area contributed by atoms with Crippen molar-refractivity contribution in [1.29, 1.82) is 0 Å². The highest BCUT2D eigenvalue weighted by Crippen LogP contribution is 2.40. The minimum absolute atomic E-state index is 0.0166. The topological polar surface area (TPSA) is 127 Å². The van der Waals surface area contributed by atoms with E-state index in [2.05, 4.69) is 15.3 Å². The molecule has 3 fully saturated rings. The number of piperidine rings is 1. The molecule has 2 atom stereocenters. The minimum Gasteiger partial charge on any atom is -0.388 e. The van der Waals surface area contributed by atoms with Crippen LogP contribution in [0, 0.1) is 0 Å². The Morgan fingerprint density at radius 2 is 1.97 bits per heavy atom. The highest BCUT2D eigenvalue weighted by atomic mass is 32.2. The number of sulfonamides is 1. The molecule has 2 aromatic rings. The summed E-state index contributed by atoms with van der Waals surface area (Å²) in [4.78, 5) is 21.9. The van der Waals surface area contributed by atoms with Gasteiger partial charge in [0, 0.05) is 30.7 Å². The van der Waals surface area contributed by atoms with E-state index in [4.69, 9.17) is 4.74 Å². The number of pyridine rings is 1. The van der Waals surface area contributed by atoms with E-state index in [1.54, 1.807) is 6.92 Å². The molecule has 0 radical (unpaired) electrons. The normalized spacial score (nSPS) is 25.5. The number of hydrogen-bond acceptors (Lipinski definition) is 8. The predicted molar refractivity (Wildman–Crippen MR) is 142 cm³/mol. The van der Waals surface area contributed by atoms with Gasteiger partial charge in [0.25, 0.3) is 12.0 Å². The van der Waals surface area contributed by atoms with Crippen LogP contribution in [-0.2, 0) is 14.8 Å². The second-order valence-electron chi connectivity index (χ2n) is 10.9. The molecule has 0 unspecified atom stereocenters. The highest BCUT2D eigenvalue weighted by molar-refractivity contribution is 7.89. The smallest absolute Gasteiger partial charge is 0.269 e. The number of rotatable bonds is 7. The van der Waals surface area contributed by atoms with Gasteiger partial charge in [0.2, 0.25) is 16.0 Å². The molecule has 5 rings (SSSR count). The molecule has 3 aliphatic rings. The van der Waals surface area contributed by atoms with Gasteiger partial charge in [-0.05, 0) is 57.9 Å². The predicted octanol–water partition coefficient (Wildman–Crippen LogP) is 3.15. The molecule has 13 heteroatoms. The first-order chi connectivity index (χ1) is 18.5. The second kappa shape index (κ2) is 11.2. The number of aromatic nitrogens is 3. The Hall–Kier alpha value is -2.48. The van der Waals surface area contributed by atoms with Crippen molar-refractivity contribution in [3.8, 4) is 0 Å². The van der Waals surface area contributed by atoms with Crippen molar-refractivity contribution in [2.24, 2.45) is 0 Å². The van der Waals surface area contributed by atoms with Crippen molar-refractivity contribution < 1.29 is 27.0 Å². The van der Waals surface area contributed by atoms with Crippen molar-refractivity contribution >= 4 is 27.0 Å². The van der Waals surface area contributed by atoms with E-state index in [0.29, 0.717) is 58.4 Å². The Morgan fingerprint density at radius 1 is 1.26 bits per heavy atom. The second-order valence-corrected chi connectivity index (χ2v) is 12.9.